The molecule has 0 unspecified atom stereocenters. The molecule has 0 atom stereocenters. The highest BCUT2D eigenvalue weighted by Crippen LogP contribution is 2.32. The van der Waals surface area contributed by atoms with E-state index in [1.807, 2.05) is 11.8 Å². The second-order valence-electron chi connectivity index (χ2n) is 5.99. The molecule has 0 spiro atoms. The van der Waals surface area contributed by atoms with Crippen molar-refractivity contribution in [1.29, 1.82) is 0 Å². The van der Waals surface area contributed by atoms with Crippen LogP contribution in [0.5, 0.6) is 11.5 Å². The summed E-state index contributed by atoms with van der Waals surface area (Å²) in [6, 6.07) is 5.38. The molecule has 0 saturated carbocycles. The van der Waals surface area contributed by atoms with E-state index in [9.17, 15) is 4.79 Å². The molecule has 1 aromatic heterocycles. The fourth-order valence-corrected chi connectivity index (χ4v) is 3.63. The highest BCUT2D eigenvalue weighted by molar-refractivity contribution is 7.09. The average molecular weight is 345 g/mol. The Kier molecular flexibility index (Phi) is 4.12. The van der Waals surface area contributed by atoms with E-state index in [-0.39, 0.29) is 12.7 Å². The Balaban J connectivity index is 1.36. The van der Waals surface area contributed by atoms with Gasteiger partial charge in [0.15, 0.2) is 11.5 Å². The largest absolute Gasteiger partial charge is 0.454 e. The van der Waals surface area contributed by atoms with Crippen LogP contribution in [0.2, 0.25) is 0 Å². The third-order valence-electron chi connectivity index (χ3n) is 4.33. The molecule has 6 nitrogen and oxygen atoms in total. The highest BCUT2D eigenvalue weighted by Gasteiger charge is 2.24. The Labute approximate surface area is 144 Å². The Bertz CT molecular complexity index is 753. The first kappa shape index (κ1) is 15.4. The first-order valence-corrected chi connectivity index (χ1v) is 8.89. The second kappa shape index (κ2) is 6.41. The number of amides is 1. The van der Waals surface area contributed by atoms with Crippen molar-refractivity contribution in [2.24, 2.45) is 0 Å². The number of nitrogens with zero attached hydrogens (tertiary/aromatic N) is 3. The molecule has 0 N–H and O–H groups in total. The summed E-state index contributed by atoms with van der Waals surface area (Å²) in [5.74, 6) is 1.41. The first-order valence-electron chi connectivity index (χ1n) is 8.01. The lowest BCUT2D eigenvalue weighted by molar-refractivity contribution is 0.0627. The standard InChI is InChI=1S/C17H19N3O3S/c1-12-18-14(10-24-12)9-19-4-6-20(7-5-19)17(21)13-2-3-15-16(8-13)23-11-22-15/h2-3,8,10H,4-7,9,11H2,1H3. The lowest BCUT2D eigenvalue weighted by atomic mass is 10.1. The van der Waals surface area contributed by atoms with Crippen LogP contribution in [0.25, 0.3) is 0 Å². The number of aryl methyl sites for hydroxylation is 1. The van der Waals surface area contributed by atoms with E-state index in [0.717, 1.165) is 43.4 Å². The first-order chi connectivity index (χ1) is 11.7. The van der Waals surface area contributed by atoms with Gasteiger partial charge in [-0.2, -0.15) is 0 Å². The molecule has 126 valence electrons. The minimum atomic E-state index is 0.0532. The quantitative estimate of drug-likeness (QED) is 0.853. The lowest BCUT2D eigenvalue weighted by Crippen LogP contribution is -2.48. The van der Waals surface area contributed by atoms with Gasteiger partial charge < -0.3 is 14.4 Å². The minimum Gasteiger partial charge on any atom is -0.454 e. The number of hydrogen-bond acceptors (Lipinski definition) is 6. The van der Waals surface area contributed by atoms with Gasteiger partial charge in [0, 0.05) is 43.7 Å². The van der Waals surface area contributed by atoms with Crippen LogP contribution in [0.15, 0.2) is 23.6 Å². The third kappa shape index (κ3) is 3.09. The van der Waals surface area contributed by atoms with E-state index >= 15 is 0 Å². The SMILES string of the molecule is Cc1nc(CN2CCN(C(=O)c3ccc4c(c3)OCO4)CC2)cs1. The summed E-state index contributed by atoms with van der Waals surface area (Å²) in [6.45, 7) is 6.31. The van der Waals surface area contributed by atoms with Crippen molar-refractivity contribution in [2.45, 2.75) is 13.5 Å². The van der Waals surface area contributed by atoms with Gasteiger partial charge in [-0.25, -0.2) is 4.98 Å². The minimum absolute atomic E-state index is 0.0532. The summed E-state index contributed by atoms with van der Waals surface area (Å²) in [4.78, 5) is 21.4. The number of thiazole rings is 1. The van der Waals surface area contributed by atoms with Crippen molar-refractivity contribution in [3.8, 4) is 11.5 Å². The van der Waals surface area contributed by atoms with Crippen LogP contribution < -0.4 is 9.47 Å². The number of aromatic nitrogens is 1. The number of rotatable bonds is 3. The molecular weight excluding hydrogens is 326 g/mol. The maximum Gasteiger partial charge on any atom is 0.254 e. The maximum absolute atomic E-state index is 12.7. The van der Waals surface area contributed by atoms with Gasteiger partial charge >= 0.3 is 0 Å². The van der Waals surface area contributed by atoms with Crippen LogP contribution in [-0.2, 0) is 6.54 Å². The normalized spacial score (nSPS) is 17.3. The van der Waals surface area contributed by atoms with E-state index in [1.165, 1.54) is 0 Å². The molecule has 0 bridgehead atoms. The molecule has 4 rings (SSSR count). The molecule has 7 heteroatoms. The van der Waals surface area contributed by atoms with Gasteiger partial charge in [0.25, 0.3) is 5.91 Å². The third-order valence-corrected chi connectivity index (χ3v) is 5.15. The molecule has 1 aromatic carbocycles. The van der Waals surface area contributed by atoms with Gasteiger partial charge in [0.1, 0.15) is 0 Å². The zero-order valence-corrected chi connectivity index (χ0v) is 14.3. The van der Waals surface area contributed by atoms with Crippen molar-refractivity contribution < 1.29 is 14.3 Å². The lowest BCUT2D eigenvalue weighted by Gasteiger charge is -2.34. The molecule has 1 fully saturated rings. The van der Waals surface area contributed by atoms with Gasteiger partial charge in [0.2, 0.25) is 6.79 Å². The van der Waals surface area contributed by atoms with Crippen LogP contribution in [0.3, 0.4) is 0 Å². The van der Waals surface area contributed by atoms with E-state index in [1.54, 1.807) is 29.5 Å². The van der Waals surface area contributed by atoms with E-state index in [0.29, 0.717) is 17.1 Å². The van der Waals surface area contributed by atoms with Crippen LogP contribution in [-0.4, -0.2) is 53.7 Å². The highest BCUT2D eigenvalue weighted by atomic mass is 32.1. The molecule has 24 heavy (non-hydrogen) atoms. The summed E-state index contributed by atoms with van der Waals surface area (Å²) in [6.07, 6.45) is 0. The Morgan fingerprint density at radius 2 is 2.00 bits per heavy atom. The molecule has 0 aliphatic carbocycles. The number of benzene rings is 1. The van der Waals surface area contributed by atoms with Crippen molar-refractivity contribution in [3.63, 3.8) is 0 Å². The van der Waals surface area contributed by atoms with Crippen molar-refractivity contribution >= 4 is 17.2 Å². The number of carbonyl (C=O) groups is 1. The maximum atomic E-state index is 12.7. The van der Waals surface area contributed by atoms with E-state index in [4.69, 9.17) is 9.47 Å². The fourth-order valence-electron chi connectivity index (χ4n) is 3.03. The number of piperazine rings is 1. The molecule has 2 aliphatic heterocycles. The zero-order chi connectivity index (χ0) is 16.5. The van der Waals surface area contributed by atoms with E-state index < -0.39 is 0 Å². The summed E-state index contributed by atoms with van der Waals surface area (Å²) in [7, 11) is 0. The van der Waals surface area contributed by atoms with Crippen LogP contribution in [0, 0.1) is 6.92 Å². The van der Waals surface area contributed by atoms with Crippen molar-refractivity contribution in [3.05, 3.63) is 39.8 Å². The predicted octanol–water partition coefficient (Wildman–Crippen LogP) is 2.14. The Hall–Kier alpha value is -2.12. The average Bonchev–Trinajstić information content (AvgIpc) is 3.23. The van der Waals surface area contributed by atoms with Crippen molar-refractivity contribution in [1.82, 2.24) is 14.8 Å². The number of carbonyl (C=O) groups excluding carboxylic acids is 1. The topological polar surface area (TPSA) is 54.9 Å². The van der Waals surface area contributed by atoms with Gasteiger partial charge in [-0.05, 0) is 25.1 Å². The summed E-state index contributed by atoms with van der Waals surface area (Å²) in [5, 5.41) is 3.21. The monoisotopic (exact) mass is 345 g/mol. The molecule has 1 saturated heterocycles. The zero-order valence-electron chi connectivity index (χ0n) is 13.5. The van der Waals surface area contributed by atoms with Crippen LogP contribution >= 0.6 is 11.3 Å². The number of hydrogen-bond donors (Lipinski definition) is 0. The Morgan fingerprint density at radius 3 is 2.75 bits per heavy atom. The summed E-state index contributed by atoms with van der Waals surface area (Å²) >= 11 is 1.68. The van der Waals surface area contributed by atoms with Gasteiger partial charge in [-0.3, -0.25) is 9.69 Å². The molecule has 0 radical (unpaired) electrons. The second-order valence-corrected chi connectivity index (χ2v) is 7.06. The number of fused-ring (bicyclic) bond motifs is 1. The predicted molar refractivity (Wildman–Crippen MR) is 90.6 cm³/mol. The molecule has 1 amide bonds. The van der Waals surface area contributed by atoms with Gasteiger partial charge in [-0.1, -0.05) is 0 Å². The van der Waals surface area contributed by atoms with Gasteiger partial charge in [0.05, 0.1) is 10.7 Å². The van der Waals surface area contributed by atoms with Crippen molar-refractivity contribution in [2.75, 3.05) is 33.0 Å². The molecule has 2 aromatic rings. The van der Waals surface area contributed by atoms with Gasteiger partial charge in [-0.15, -0.1) is 11.3 Å². The fraction of sp³-hybridized carbons (Fsp3) is 0.412. The summed E-state index contributed by atoms with van der Waals surface area (Å²) in [5.41, 5.74) is 1.77. The van der Waals surface area contributed by atoms with E-state index in [2.05, 4.69) is 15.3 Å². The van der Waals surface area contributed by atoms with Crippen LogP contribution in [0.4, 0.5) is 0 Å². The summed E-state index contributed by atoms with van der Waals surface area (Å²) < 4.78 is 10.6. The Morgan fingerprint density at radius 1 is 1.21 bits per heavy atom. The molecule has 3 heterocycles. The molecule has 2 aliphatic rings. The smallest absolute Gasteiger partial charge is 0.254 e. The molecular formula is C17H19N3O3S. The number of ether oxygens (including phenoxy) is 2. The van der Waals surface area contributed by atoms with Crippen LogP contribution in [0.1, 0.15) is 21.1 Å².